The smallest absolute Gasteiger partial charge is 0.253 e. The normalized spacial score (nSPS) is 16.4. The number of fused-ring (bicyclic) bond motifs is 3. The maximum Gasteiger partial charge on any atom is 0.253 e. The molecule has 0 bridgehead atoms. The van der Waals surface area contributed by atoms with Gasteiger partial charge < -0.3 is 19.7 Å². The maximum absolute atomic E-state index is 13.0. The summed E-state index contributed by atoms with van der Waals surface area (Å²) in [6, 6.07) is 5.62. The minimum absolute atomic E-state index is 0.0273. The van der Waals surface area contributed by atoms with Gasteiger partial charge in [-0.15, -0.1) is 11.3 Å². The molecule has 0 spiro atoms. The lowest BCUT2D eigenvalue weighted by Gasteiger charge is -2.33. The third-order valence-corrected chi connectivity index (χ3v) is 7.45. The summed E-state index contributed by atoms with van der Waals surface area (Å²) in [5.74, 6) is 2.17. The van der Waals surface area contributed by atoms with Crippen LogP contribution in [0.5, 0.6) is 11.5 Å². The number of likely N-dealkylation sites (tertiary alicyclic amines) is 1. The summed E-state index contributed by atoms with van der Waals surface area (Å²) in [4.78, 5) is 26.5. The first-order valence-electron chi connectivity index (χ1n) is 10.7. The van der Waals surface area contributed by atoms with Gasteiger partial charge in [-0.25, -0.2) is 9.97 Å². The Hall–Kier alpha value is -2.87. The van der Waals surface area contributed by atoms with Crippen LogP contribution in [0.3, 0.4) is 0 Å². The van der Waals surface area contributed by atoms with E-state index in [9.17, 15) is 4.79 Å². The first-order valence-corrected chi connectivity index (χ1v) is 11.5. The molecular formula is C23H26N4O3S. The summed E-state index contributed by atoms with van der Waals surface area (Å²) < 4.78 is 10.6. The molecule has 162 valence electrons. The number of aryl methyl sites for hydroxylation is 2. The first kappa shape index (κ1) is 20.1. The highest BCUT2D eigenvalue weighted by molar-refractivity contribution is 7.19. The van der Waals surface area contributed by atoms with Gasteiger partial charge in [-0.2, -0.15) is 0 Å². The molecule has 5 rings (SSSR count). The summed E-state index contributed by atoms with van der Waals surface area (Å²) in [5.41, 5.74) is 2.06. The largest absolute Gasteiger partial charge is 0.493 e. The summed E-state index contributed by atoms with van der Waals surface area (Å²) >= 11 is 1.81. The molecule has 1 N–H and O–H groups in total. The van der Waals surface area contributed by atoms with Gasteiger partial charge in [0, 0.05) is 29.6 Å². The van der Waals surface area contributed by atoms with Gasteiger partial charge in [0.2, 0.25) is 0 Å². The van der Waals surface area contributed by atoms with Gasteiger partial charge in [-0.1, -0.05) is 0 Å². The number of amides is 1. The van der Waals surface area contributed by atoms with Crippen LogP contribution in [-0.2, 0) is 12.8 Å². The second-order valence-electron chi connectivity index (χ2n) is 8.04. The standard InChI is InChI=1S/C23H26N4O3S/c1-29-17-7-6-14(12-18(17)30-2)23(28)27-10-8-15(9-11-27)26-21-20-16-4-3-5-19(16)31-22(20)25-13-24-21/h6-7,12-13,15H,3-5,8-11H2,1-2H3,(H,24,25,26). The lowest BCUT2D eigenvalue weighted by molar-refractivity contribution is 0.0718. The van der Waals surface area contributed by atoms with Crippen LogP contribution in [0.25, 0.3) is 10.2 Å². The van der Waals surface area contributed by atoms with E-state index < -0.39 is 0 Å². The predicted molar refractivity (Wildman–Crippen MR) is 122 cm³/mol. The van der Waals surface area contributed by atoms with Crippen molar-refractivity contribution in [3.63, 3.8) is 0 Å². The number of nitrogens with one attached hydrogen (secondary N) is 1. The molecule has 1 saturated heterocycles. The molecule has 0 radical (unpaired) electrons. The Morgan fingerprint density at radius 3 is 2.71 bits per heavy atom. The Kier molecular flexibility index (Phi) is 5.40. The first-order chi connectivity index (χ1) is 15.2. The van der Waals surface area contributed by atoms with E-state index in [0.29, 0.717) is 36.2 Å². The van der Waals surface area contributed by atoms with Gasteiger partial charge in [0.15, 0.2) is 11.5 Å². The minimum atomic E-state index is 0.0273. The monoisotopic (exact) mass is 438 g/mol. The molecule has 1 fully saturated rings. The molecular weight excluding hydrogens is 412 g/mol. The molecule has 1 aromatic carbocycles. The van der Waals surface area contributed by atoms with Crippen molar-refractivity contribution < 1.29 is 14.3 Å². The SMILES string of the molecule is COc1ccc(C(=O)N2CCC(Nc3ncnc4sc5c(c34)CCC5)CC2)cc1OC. The van der Waals surface area contributed by atoms with E-state index in [-0.39, 0.29) is 5.91 Å². The molecule has 0 unspecified atom stereocenters. The molecule has 1 aliphatic heterocycles. The highest BCUT2D eigenvalue weighted by Gasteiger charge is 2.26. The average molecular weight is 439 g/mol. The fraction of sp³-hybridized carbons (Fsp3) is 0.435. The van der Waals surface area contributed by atoms with Crippen molar-refractivity contribution in [3.8, 4) is 11.5 Å². The molecule has 2 aliphatic rings. The Labute approximate surface area is 185 Å². The number of ether oxygens (including phenoxy) is 2. The van der Waals surface area contributed by atoms with E-state index in [1.54, 1.807) is 50.1 Å². The maximum atomic E-state index is 13.0. The molecule has 8 heteroatoms. The van der Waals surface area contributed by atoms with Gasteiger partial charge >= 0.3 is 0 Å². The molecule has 0 saturated carbocycles. The van der Waals surface area contributed by atoms with Gasteiger partial charge in [0.1, 0.15) is 17.0 Å². The van der Waals surface area contributed by atoms with Crippen molar-refractivity contribution in [2.45, 2.75) is 38.1 Å². The number of hydrogen-bond donors (Lipinski definition) is 1. The van der Waals surface area contributed by atoms with Crippen LogP contribution in [0.1, 0.15) is 40.1 Å². The fourth-order valence-corrected chi connectivity index (χ4v) is 5.84. The molecule has 3 heterocycles. The number of benzene rings is 1. The zero-order chi connectivity index (χ0) is 21.4. The number of anilines is 1. The van der Waals surface area contributed by atoms with Gasteiger partial charge in [0.25, 0.3) is 5.91 Å². The van der Waals surface area contributed by atoms with E-state index >= 15 is 0 Å². The molecule has 1 amide bonds. The highest BCUT2D eigenvalue weighted by Crippen LogP contribution is 2.39. The van der Waals surface area contributed by atoms with Crippen LogP contribution in [-0.4, -0.2) is 54.1 Å². The van der Waals surface area contributed by atoms with Crippen molar-refractivity contribution in [2.75, 3.05) is 32.6 Å². The molecule has 31 heavy (non-hydrogen) atoms. The number of aromatic nitrogens is 2. The quantitative estimate of drug-likeness (QED) is 0.651. The second kappa shape index (κ2) is 8.34. The van der Waals surface area contributed by atoms with Crippen LogP contribution < -0.4 is 14.8 Å². The number of hydrogen-bond acceptors (Lipinski definition) is 7. The van der Waals surface area contributed by atoms with Gasteiger partial charge in [-0.05, 0) is 55.9 Å². The lowest BCUT2D eigenvalue weighted by Crippen LogP contribution is -2.42. The van der Waals surface area contributed by atoms with Crippen molar-refractivity contribution in [1.82, 2.24) is 14.9 Å². The Morgan fingerprint density at radius 2 is 1.94 bits per heavy atom. The summed E-state index contributed by atoms with van der Waals surface area (Å²) in [6.07, 6.45) is 6.93. The van der Waals surface area contributed by atoms with Crippen LogP contribution in [0.4, 0.5) is 5.82 Å². The number of rotatable bonds is 5. The predicted octanol–water partition coefficient (Wildman–Crippen LogP) is 3.91. The number of carbonyl (C=O) groups is 1. The number of carbonyl (C=O) groups excluding carboxylic acids is 1. The summed E-state index contributed by atoms with van der Waals surface area (Å²) in [5, 5.41) is 4.87. The third-order valence-electron chi connectivity index (χ3n) is 6.25. The fourth-order valence-electron chi connectivity index (χ4n) is 4.61. The topological polar surface area (TPSA) is 76.6 Å². The zero-order valence-corrected chi connectivity index (χ0v) is 18.6. The average Bonchev–Trinajstić information content (AvgIpc) is 3.40. The Morgan fingerprint density at radius 1 is 1.13 bits per heavy atom. The van der Waals surface area contributed by atoms with E-state index in [4.69, 9.17) is 9.47 Å². The van der Waals surface area contributed by atoms with Crippen LogP contribution in [0, 0.1) is 0 Å². The van der Waals surface area contributed by atoms with E-state index in [2.05, 4.69) is 15.3 Å². The molecule has 7 nitrogen and oxygen atoms in total. The van der Waals surface area contributed by atoms with Crippen LogP contribution >= 0.6 is 11.3 Å². The van der Waals surface area contributed by atoms with E-state index in [1.807, 2.05) is 4.90 Å². The molecule has 1 aliphatic carbocycles. The number of thiophene rings is 1. The Bertz CT molecular complexity index is 1120. The van der Waals surface area contributed by atoms with Crippen molar-refractivity contribution in [2.24, 2.45) is 0 Å². The Balaban J connectivity index is 1.26. The van der Waals surface area contributed by atoms with Crippen molar-refractivity contribution in [1.29, 1.82) is 0 Å². The third kappa shape index (κ3) is 3.69. The highest BCUT2D eigenvalue weighted by atomic mass is 32.1. The van der Waals surface area contributed by atoms with Crippen molar-refractivity contribution >= 4 is 33.3 Å². The lowest BCUT2D eigenvalue weighted by atomic mass is 10.0. The minimum Gasteiger partial charge on any atom is -0.493 e. The second-order valence-corrected chi connectivity index (χ2v) is 9.12. The van der Waals surface area contributed by atoms with Gasteiger partial charge in [0.05, 0.1) is 19.6 Å². The molecule has 0 atom stereocenters. The number of piperidine rings is 1. The van der Waals surface area contributed by atoms with E-state index in [1.165, 1.54) is 22.2 Å². The summed E-state index contributed by atoms with van der Waals surface area (Å²) in [6.45, 7) is 1.42. The molecule has 3 aromatic rings. The number of nitrogens with zero attached hydrogens (tertiary/aromatic N) is 3. The number of methoxy groups -OCH3 is 2. The van der Waals surface area contributed by atoms with Crippen LogP contribution in [0.15, 0.2) is 24.5 Å². The van der Waals surface area contributed by atoms with Gasteiger partial charge in [-0.3, -0.25) is 4.79 Å². The van der Waals surface area contributed by atoms with Crippen molar-refractivity contribution in [3.05, 3.63) is 40.5 Å². The van der Waals surface area contributed by atoms with Crippen LogP contribution in [0.2, 0.25) is 0 Å². The molecule has 2 aromatic heterocycles. The summed E-state index contributed by atoms with van der Waals surface area (Å²) in [7, 11) is 3.17. The zero-order valence-electron chi connectivity index (χ0n) is 17.8. The van der Waals surface area contributed by atoms with E-state index in [0.717, 1.165) is 36.3 Å².